The number of aromatic nitrogens is 2. The van der Waals surface area contributed by atoms with E-state index in [1.165, 1.54) is 17.7 Å². The minimum absolute atomic E-state index is 0.214. The maximum atomic E-state index is 13.0. The second-order valence-corrected chi connectivity index (χ2v) is 9.61. The summed E-state index contributed by atoms with van der Waals surface area (Å²) in [4.78, 5) is 29.3. The highest BCUT2D eigenvalue weighted by molar-refractivity contribution is 6.01. The Labute approximate surface area is 209 Å². The second kappa shape index (κ2) is 8.90. The predicted molar refractivity (Wildman–Crippen MR) is 135 cm³/mol. The molecular formula is C29H28N2O5. The van der Waals surface area contributed by atoms with Crippen LogP contribution in [-0.2, 0) is 24.1 Å². The van der Waals surface area contributed by atoms with Gasteiger partial charge in [-0.2, -0.15) is 0 Å². The number of ether oxygens (including phenoxy) is 3. The summed E-state index contributed by atoms with van der Waals surface area (Å²) < 4.78 is 18.4. The third-order valence-electron chi connectivity index (χ3n) is 7.32. The number of benzene rings is 2. The average Bonchev–Trinajstić information content (AvgIpc) is 3.58. The van der Waals surface area contributed by atoms with Crippen LogP contribution in [0.5, 0.6) is 11.5 Å². The first-order valence-corrected chi connectivity index (χ1v) is 12.4. The van der Waals surface area contributed by atoms with Crippen LogP contribution in [0.25, 0.3) is 10.9 Å². The Morgan fingerprint density at radius 3 is 2.72 bits per heavy atom. The minimum atomic E-state index is -0.481. The molecule has 0 amide bonds. The molecule has 36 heavy (non-hydrogen) atoms. The van der Waals surface area contributed by atoms with Crippen LogP contribution >= 0.6 is 0 Å². The van der Waals surface area contributed by atoms with Crippen LogP contribution in [0.4, 0.5) is 0 Å². The highest BCUT2D eigenvalue weighted by atomic mass is 16.7. The highest BCUT2D eigenvalue weighted by Crippen LogP contribution is 2.33. The maximum absolute atomic E-state index is 13.0. The van der Waals surface area contributed by atoms with Crippen molar-refractivity contribution in [1.29, 1.82) is 0 Å². The molecule has 7 nitrogen and oxygen atoms in total. The lowest BCUT2D eigenvalue weighted by Gasteiger charge is -2.11. The fraction of sp³-hybridized carbons (Fsp3) is 0.310. The van der Waals surface area contributed by atoms with E-state index in [4.69, 9.17) is 14.2 Å². The molecule has 0 saturated carbocycles. The number of esters is 1. The van der Waals surface area contributed by atoms with Crippen LogP contribution in [0, 0.1) is 13.8 Å². The lowest BCUT2D eigenvalue weighted by Crippen LogP contribution is -2.15. The first-order valence-electron chi connectivity index (χ1n) is 12.4. The van der Waals surface area contributed by atoms with Gasteiger partial charge in [-0.15, -0.1) is 0 Å². The number of carbonyl (C=O) groups excluding carboxylic acids is 2. The molecule has 0 bridgehead atoms. The van der Waals surface area contributed by atoms with E-state index in [1.54, 1.807) is 6.07 Å². The van der Waals surface area contributed by atoms with Gasteiger partial charge in [-0.3, -0.25) is 4.79 Å². The number of hydrogen-bond acceptors (Lipinski definition) is 5. The van der Waals surface area contributed by atoms with Gasteiger partial charge in [0.05, 0.1) is 5.56 Å². The molecule has 6 rings (SSSR count). The Morgan fingerprint density at radius 2 is 1.83 bits per heavy atom. The van der Waals surface area contributed by atoms with E-state index in [1.807, 2.05) is 50.2 Å². The molecule has 184 valence electrons. The van der Waals surface area contributed by atoms with Gasteiger partial charge in [0.2, 0.25) is 12.6 Å². The summed E-state index contributed by atoms with van der Waals surface area (Å²) in [5.41, 5.74) is 7.50. The number of Topliss-reactive ketones (excluding diaryl/α,β-unsaturated/α-hetero) is 1. The Kier molecular flexibility index (Phi) is 5.55. The van der Waals surface area contributed by atoms with Crippen LogP contribution in [0.15, 0.2) is 42.5 Å². The summed E-state index contributed by atoms with van der Waals surface area (Å²) in [6.45, 7) is 4.42. The standard InChI is InChI=1S/C29H28N2O5/c1-17-11-22(18(2)31(17)14-19-7-10-27-28(12-19)36-16-35-27)26(32)15-34-29(33)20-8-9-25-23(13-20)21-5-3-4-6-24(21)30-25/h7-13,30H,3-6,14-16H2,1-2H3. The van der Waals surface area contributed by atoms with Crippen molar-refractivity contribution in [3.63, 3.8) is 0 Å². The van der Waals surface area contributed by atoms with Gasteiger partial charge < -0.3 is 23.8 Å². The van der Waals surface area contributed by atoms with Crippen LogP contribution < -0.4 is 9.47 Å². The Morgan fingerprint density at radius 1 is 1.00 bits per heavy atom. The average molecular weight is 485 g/mol. The molecule has 2 aromatic heterocycles. The second-order valence-electron chi connectivity index (χ2n) is 9.61. The molecule has 7 heteroatoms. The highest BCUT2D eigenvalue weighted by Gasteiger charge is 2.21. The largest absolute Gasteiger partial charge is 0.454 e. The van der Waals surface area contributed by atoms with Gasteiger partial charge >= 0.3 is 5.97 Å². The molecule has 0 spiro atoms. The van der Waals surface area contributed by atoms with Crippen molar-refractivity contribution >= 4 is 22.7 Å². The number of nitrogens with one attached hydrogen (secondary N) is 1. The van der Waals surface area contributed by atoms with Crippen LogP contribution in [0.1, 0.15) is 61.8 Å². The molecule has 0 saturated heterocycles. The predicted octanol–water partition coefficient (Wildman–Crippen LogP) is 5.28. The zero-order valence-electron chi connectivity index (χ0n) is 20.5. The molecule has 0 fully saturated rings. The summed E-state index contributed by atoms with van der Waals surface area (Å²) in [6, 6.07) is 13.3. The Balaban J connectivity index is 1.15. The summed E-state index contributed by atoms with van der Waals surface area (Å²) in [5.74, 6) is 0.781. The lowest BCUT2D eigenvalue weighted by atomic mass is 9.95. The topological polar surface area (TPSA) is 82.6 Å². The zero-order valence-corrected chi connectivity index (χ0v) is 20.5. The van der Waals surface area contributed by atoms with Gasteiger partial charge in [-0.05, 0) is 87.1 Å². The zero-order chi connectivity index (χ0) is 24.8. The SMILES string of the molecule is Cc1cc(C(=O)COC(=O)c2ccc3[nH]c4c(c3c2)CCCC4)c(C)n1Cc1ccc2c(c1)OCO2. The number of hydrogen-bond donors (Lipinski definition) is 1. The van der Waals surface area contributed by atoms with Gasteiger partial charge in [-0.25, -0.2) is 4.79 Å². The number of fused-ring (bicyclic) bond motifs is 4. The number of carbonyl (C=O) groups is 2. The normalized spacial score (nSPS) is 14.2. The van der Waals surface area contributed by atoms with E-state index in [9.17, 15) is 9.59 Å². The van der Waals surface area contributed by atoms with E-state index in [0.717, 1.165) is 58.6 Å². The van der Waals surface area contributed by atoms with Crippen molar-refractivity contribution in [1.82, 2.24) is 9.55 Å². The Hall–Kier alpha value is -4.00. The smallest absolute Gasteiger partial charge is 0.338 e. The number of aromatic amines is 1. The van der Waals surface area contributed by atoms with Crippen molar-refractivity contribution < 1.29 is 23.8 Å². The molecule has 1 aliphatic carbocycles. The number of H-pyrrole nitrogens is 1. The maximum Gasteiger partial charge on any atom is 0.338 e. The van der Waals surface area contributed by atoms with E-state index in [-0.39, 0.29) is 19.2 Å². The lowest BCUT2D eigenvalue weighted by molar-refractivity contribution is 0.0474. The third kappa shape index (κ3) is 3.94. The molecule has 0 radical (unpaired) electrons. The van der Waals surface area contributed by atoms with Gasteiger partial charge in [0.25, 0.3) is 0 Å². The molecule has 1 N–H and O–H groups in total. The van der Waals surface area contributed by atoms with Crippen LogP contribution in [0.2, 0.25) is 0 Å². The summed E-state index contributed by atoms with van der Waals surface area (Å²) in [6.07, 6.45) is 4.42. The summed E-state index contributed by atoms with van der Waals surface area (Å²) in [7, 11) is 0. The van der Waals surface area contributed by atoms with Gasteiger partial charge in [-0.1, -0.05) is 6.07 Å². The molecular weight excluding hydrogens is 456 g/mol. The fourth-order valence-corrected chi connectivity index (χ4v) is 5.37. The van der Waals surface area contributed by atoms with Crippen molar-refractivity contribution in [2.75, 3.05) is 13.4 Å². The molecule has 2 aromatic carbocycles. The van der Waals surface area contributed by atoms with E-state index in [2.05, 4.69) is 9.55 Å². The van der Waals surface area contributed by atoms with E-state index < -0.39 is 5.97 Å². The Bertz CT molecular complexity index is 1510. The minimum Gasteiger partial charge on any atom is -0.454 e. The van der Waals surface area contributed by atoms with Crippen LogP contribution in [0.3, 0.4) is 0 Å². The number of aryl methyl sites for hydroxylation is 3. The van der Waals surface area contributed by atoms with E-state index in [0.29, 0.717) is 17.7 Å². The first-order chi connectivity index (χ1) is 17.5. The van der Waals surface area contributed by atoms with Crippen molar-refractivity contribution in [2.24, 2.45) is 0 Å². The first kappa shape index (κ1) is 22.5. The quantitative estimate of drug-likeness (QED) is 0.297. The summed E-state index contributed by atoms with van der Waals surface area (Å²) >= 11 is 0. The molecule has 0 unspecified atom stereocenters. The molecule has 1 aliphatic heterocycles. The van der Waals surface area contributed by atoms with Crippen molar-refractivity contribution in [3.8, 4) is 11.5 Å². The van der Waals surface area contributed by atoms with E-state index >= 15 is 0 Å². The number of ketones is 1. The summed E-state index contributed by atoms with van der Waals surface area (Å²) in [5, 5.41) is 1.08. The third-order valence-corrected chi connectivity index (χ3v) is 7.32. The number of nitrogens with zero attached hydrogens (tertiary/aromatic N) is 1. The fourth-order valence-electron chi connectivity index (χ4n) is 5.37. The van der Waals surface area contributed by atoms with Gasteiger partial charge in [0, 0.05) is 40.1 Å². The van der Waals surface area contributed by atoms with Crippen LogP contribution in [-0.4, -0.2) is 34.7 Å². The van der Waals surface area contributed by atoms with Gasteiger partial charge in [0.15, 0.2) is 18.1 Å². The monoisotopic (exact) mass is 484 g/mol. The number of rotatable bonds is 6. The molecule has 0 atom stereocenters. The molecule has 3 heterocycles. The molecule has 4 aromatic rings. The molecule has 2 aliphatic rings. The van der Waals surface area contributed by atoms with Crippen molar-refractivity contribution in [2.45, 2.75) is 46.1 Å². The van der Waals surface area contributed by atoms with Gasteiger partial charge in [0.1, 0.15) is 0 Å². The van der Waals surface area contributed by atoms with Crippen molar-refractivity contribution in [3.05, 3.63) is 81.8 Å².